The van der Waals surface area contributed by atoms with Gasteiger partial charge < -0.3 is 14.8 Å². The summed E-state index contributed by atoms with van der Waals surface area (Å²) in [5.74, 6) is 0.672. The fourth-order valence-corrected chi connectivity index (χ4v) is 3.66. The molecule has 1 saturated carbocycles. The smallest absolute Gasteiger partial charge is 0.496 e. The van der Waals surface area contributed by atoms with E-state index in [0.29, 0.717) is 30.6 Å². The molecule has 1 amide bonds. The molecule has 1 fully saturated rings. The Hall–Kier alpha value is -3.55. The molecule has 1 aliphatic carbocycles. The van der Waals surface area contributed by atoms with Gasteiger partial charge in [-0.05, 0) is 53.8 Å². The molecule has 1 heterocycles. The number of ether oxygens (including phenoxy) is 2. The summed E-state index contributed by atoms with van der Waals surface area (Å²) in [5.41, 5.74) is 1.89. The molecule has 3 aromatic rings. The van der Waals surface area contributed by atoms with Crippen molar-refractivity contribution in [3.63, 3.8) is 0 Å². The highest BCUT2D eigenvalue weighted by Crippen LogP contribution is 2.49. The van der Waals surface area contributed by atoms with Gasteiger partial charge in [-0.25, -0.2) is 4.98 Å². The molecule has 1 aliphatic rings. The maximum absolute atomic E-state index is 12.9. The molecule has 32 heavy (non-hydrogen) atoms. The molecule has 0 unspecified atom stereocenters. The zero-order valence-corrected chi connectivity index (χ0v) is 17.3. The van der Waals surface area contributed by atoms with Crippen molar-refractivity contribution in [2.24, 2.45) is 0 Å². The quantitative estimate of drug-likeness (QED) is 0.523. The average molecular weight is 444 g/mol. The molecular formula is C24H23F3N2O3. The molecule has 1 N–H and O–H groups in total. The summed E-state index contributed by atoms with van der Waals surface area (Å²) in [7, 11) is 1.63. The second-order valence-corrected chi connectivity index (χ2v) is 7.65. The van der Waals surface area contributed by atoms with E-state index >= 15 is 0 Å². The Labute approximate surface area is 184 Å². The van der Waals surface area contributed by atoms with Crippen molar-refractivity contribution in [2.75, 3.05) is 12.4 Å². The number of anilines is 1. The molecule has 168 valence electrons. The first-order chi connectivity index (χ1) is 15.3. The van der Waals surface area contributed by atoms with Crippen LogP contribution in [0, 0.1) is 0 Å². The third kappa shape index (κ3) is 4.85. The zero-order chi connectivity index (χ0) is 22.8. The van der Waals surface area contributed by atoms with Gasteiger partial charge in [0.1, 0.15) is 17.3 Å². The van der Waals surface area contributed by atoms with Gasteiger partial charge >= 0.3 is 6.36 Å². The number of aromatic nitrogens is 1. The number of amides is 1. The van der Waals surface area contributed by atoms with Crippen molar-refractivity contribution in [3.05, 3.63) is 83.6 Å². The lowest BCUT2D eigenvalue weighted by molar-refractivity contribution is -0.274. The standard InChI is InChI=1S/C24H21F3N2O3.H2/c1-31-20-5-3-2-4-17(20)14-16-6-11-21(28-15-16)29-22(30)23(12-13-23)18-7-9-19(10-8-18)32-24(25,26)27;/h2-11,15H,12-14H2,1H3,(H,28,29,30);1H. The van der Waals surface area contributed by atoms with E-state index in [0.717, 1.165) is 16.9 Å². The van der Waals surface area contributed by atoms with E-state index in [2.05, 4.69) is 15.0 Å². The highest BCUT2D eigenvalue weighted by Gasteiger charge is 2.51. The van der Waals surface area contributed by atoms with Crippen LogP contribution in [-0.4, -0.2) is 24.4 Å². The van der Waals surface area contributed by atoms with Gasteiger partial charge in [-0.15, -0.1) is 13.2 Å². The Morgan fingerprint density at radius 3 is 2.41 bits per heavy atom. The number of methoxy groups -OCH3 is 1. The summed E-state index contributed by atoms with van der Waals surface area (Å²) in [4.78, 5) is 17.2. The van der Waals surface area contributed by atoms with Gasteiger partial charge in [-0.3, -0.25) is 4.79 Å². The van der Waals surface area contributed by atoms with Gasteiger partial charge in [-0.1, -0.05) is 36.4 Å². The monoisotopic (exact) mass is 444 g/mol. The van der Waals surface area contributed by atoms with Crippen LogP contribution in [0.5, 0.6) is 11.5 Å². The van der Waals surface area contributed by atoms with Crippen LogP contribution in [0.1, 0.15) is 31.0 Å². The molecule has 5 nitrogen and oxygen atoms in total. The van der Waals surface area contributed by atoms with E-state index in [9.17, 15) is 18.0 Å². The number of para-hydroxylation sites is 1. The molecule has 0 aliphatic heterocycles. The lowest BCUT2D eigenvalue weighted by Gasteiger charge is -2.16. The number of hydrogen-bond donors (Lipinski definition) is 1. The van der Waals surface area contributed by atoms with Gasteiger partial charge in [0.05, 0.1) is 12.5 Å². The number of alkyl halides is 3. The highest BCUT2D eigenvalue weighted by atomic mass is 19.4. The number of halogens is 3. The lowest BCUT2D eigenvalue weighted by atomic mass is 9.95. The van der Waals surface area contributed by atoms with E-state index in [-0.39, 0.29) is 13.1 Å². The number of nitrogens with zero attached hydrogens (tertiary/aromatic N) is 1. The normalized spacial score (nSPS) is 14.5. The van der Waals surface area contributed by atoms with Crippen LogP contribution >= 0.6 is 0 Å². The Balaban J connectivity index is 0.00000306. The van der Waals surface area contributed by atoms with Crippen molar-refractivity contribution in [3.8, 4) is 11.5 Å². The number of benzene rings is 2. The Bertz CT molecular complexity index is 1100. The minimum Gasteiger partial charge on any atom is -0.496 e. The summed E-state index contributed by atoms with van der Waals surface area (Å²) in [5, 5.41) is 2.82. The van der Waals surface area contributed by atoms with Crippen molar-refractivity contribution >= 4 is 11.7 Å². The van der Waals surface area contributed by atoms with Crippen molar-refractivity contribution in [1.82, 2.24) is 4.98 Å². The van der Waals surface area contributed by atoms with Gasteiger partial charge in [-0.2, -0.15) is 0 Å². The first kappa shape index (κ1) is 21.7. The second-order valence-electron chi connectivity index (χ2n) is 7.65. The molecule has 0 spiro atoms. The number of carbonyl (C=O) groups is 1. The fraction of sp³-hybridized carbons (Fsp3) is 0.250. The van der Waals surface area contributed by atoms with E-state index in [4.69, 9.17) is 4.74 Å². The number of nitrogens with one attached hydrogen (secondary N) is 1. The van der Waals surface area contributed by atoms with Crippen LogP contribution in [0.15, 0.2) is 66.9 Å². The number of pyridine rings is 1. The maximum atomic E-state index is 12.9. The Morgan fingerprint density at radius 2 is 1.81 bits per heavy atom. The highest BCUT2D eigenvalue weighted by molar-refractivity contribution is 6.00. The van der Waals surface area contributed by atoms with Crippen molar-refractivity contribution < 1.29 is 28.9 Å². The molecular weight excluding hydrogens is 421 g/mol. The largest absolute Gasteiger partial charge is 0.573 e. The number of rotatable bonds is 7. The topological polar surface area (TPSA) is 60.5 Å². The first-order valence-corrected chi connectivity index (χ1v) is 10.0. The van der Waals surface area contributed by atoms with Crippen LogP contribution in [0.25, 0.3) is 0 Å². The summed E-state index contributed by atoms with van der Waals surface area (Å²) in [6, 6.07) is 16.8. The van der Waals surface area contributed by atoms with Crippen LogP contribution in [0.3, 0.4) is 0 Å². The molecule has 0 radical (unpaired) electrons. The molecule has 2 aromatic carbocycles. The molecule has 0 saturated heterocycles. The second kappa shape index (κ2) is 8.53. The van der Waals surface area contributed by atoms with E-state index < -0.39 is 11.8 Å². The molecule has 8 heteroatoms. The number of hydrogen-bond acceptors (Lipinski definition) is 4. The summed E-state index contributed by atoms with van der Waals surface area (Å²) < 4.78 is 46.3. The lowest BCUT2D eigenvalue weighted by Crippen LogP contribution is -2.28. The predicted octanol–water partition coefficient (Wildman–Crippen LogP) is 5.50. The third-order valence-corrected chi connectivity index (χ3v) is 5.48. The average Bonchev–Trinajstić information content (AvgIpc) is 3.57. The zero-order valence-electron chi connectivity index (χ0n) is 17.3. The van der Waals surface area contributed by atoms with Crippen LogP contribution in [-0.2, 0) is 16.6 Å². The van der Waals surface area contributed by atoms with Gasteiger partial charge in [0.2, 0.25) is 5.91 Å². The number of carbonyl (C=O) groups excluding carboxylic acids is 1. The van der Waals surface area contributed by atoms with E-state index in [1.165, 1.54) is 24.3 Å². The maximum Gasteiger partial charge on any atom is 0.573 e. The Kier molecular flexibility index (Phi) is 5.78. The summed E-state index contributed by atoms with van der Waals surface area (Å²) >= 11 is 0. The van der Waals surface area contributed by atoms with E-state index in [1.54, 1.807) is 19.4 Å². The van der Waals surface area contributed by atoms with Crippen LogP contribution in [0.4, 0.5) is 19.0 Å². The van der Waals surface area contributed by atoms with Gasteiger partial charge in [0, 0.05) is 14.0 Å². The summed E-state index contributed by atoms with van der Waals surface area (Å²) in [6.07, 6.45) is -1.18. The molecule has 1 aromatic heterocycles. The SMILES string of the molecule is COc1ccccc1Cc1ccc(NC(=O)C2(c3ccc(OC(F)(F)F)cc3)CC2)nc1.[HH]. The van der Waals surface area contributed by atoms with E-state index in [1.807, 2.05) is 30.3 Å². The molecule has 0 atom stereocenters. The predicted molar refractivity (Wildman–Crippen MR) is 115 cm³/mol. The fourth-order valence-electron chi connectivity index (χ4n) is 3.66. The Morgan fingerprint density at radius 1 is 1.09 bits per heavy atom. The van der Waals surface area contributed by atoms with Gasteiger partial charge in [0.25, 0.3) is 0 Å². The molecule has 0 bridgehead atoms. The van der Waals surface area contributed by atoms with Crippen LogP contribution in [0.2, 0.25) is 0 Å². The van der Waals surface area contributed by atoms with Crippen LogP contribution < -0.4 is 14.8 Å². The third-order valence-electron chi connectivity index (χ3n) is 5.48. The van der Waals surface area contributed by atoms with Crippen molar-refractivity contribution in [2.45, 2.75) is 31.0 Å². The van der Waals surface area contributed by atoms with Gasteiger partial charge in [0.15, 0.2) is 0 Å². The molecule has 4 rings (SSSR count). The first-order valence-electron chi connectivity index (χ1n) is 10.0. The summed E-state index contributed by atoms with van der Waals surface area (Å²) in [6.45, 7) is 0. The minimum atomic E-state index is -4.75. The van der Waals surface area contributed by atoms with Crippen molar-refractivity contribution in [1.29, 1.82) is 0 Å². The minimum absolute atomic E-state index is 0.